The summed E-state index contributed by atoms with van der Waals surface area (Å²) >= 11 is 0. The third kappa shape index (κ3) is 51.5. The molecule has 0 aliphatic carbocycles. The summed E-state index contributed by atoms with van der Waals surface area (Å²) in [6.45, 7) is 11.0. The highest BCUT2D eigenvalue weighted by Gasteiger charge is 2.10. The second kappa shape index (κ2) is 49.3. The van der Waals surface area contributed by atoms with Crippen molar-refractivity contribution in [1.29, 1.82) is 0 Å². The topological polar surface area (TPSA) is 30.9 Å². The molecule has 0 N–H and O–H groups in total. The van der Waals surface area contributed by atoms with Gasteiger partial charge in [0.15, 0.2) is 0 Å². The van der Waals surface area contributed by atoms with Crippen LogP contribution < -0.4 is 0 Å². The van der Waals surface area contributed by atoms with E-state index in [4.69, 9.17) is 14.2 Å². The normalized spacial score (nSPS) is 12.4. The molecule has 0 amide bonds. The fourth-order valence-corrected chi connectivity index (χ4v) is 6.38. The van der Waals surface area contributed by atoms with Gasteiger partial charge in [0.1, 0.15) is 0 Å². The Hall–Kier alpha value is -0.680. The Balaban J connectivity index is 0. The standard InChI is InChI=1S/C43H85NO2.C4H10O/c1-5-7-9-11-13-15-17-19-21-23-25-27-29-31-33-35-37-39-45-42-43(41-44(3)4)46-40-38-36-34-32-30-28-26-24-22-20-18-16-14-12-10-8-6-2;1-3-4-5-2/h19-22,43H,5-18,23-42H2,1-4H3;3-4H2,1-2H3/b21-19-,22-20-;. The van der Waals surface area contributed by atoms with E-state index in [1.54, 1.807) is 7.11 Å². The van der Waals surface area contributed by atoms with Crippen molar-refractivity contribution >= 4 is 0 Å². The zero-order valence-corrected chi connectivity index (χ0v) is 36.0. The van der Waals surface area contributed by atoms with Crippen LogP contribution in [0.1, 0.15) is 220 Å². The molecule has 0 aromatic rings. The third-order valence-electron chi connectivity index (χ3n) is 9.59. The van der Waals surface area contributed by atoms with Gasteiger partial charge in [-0.3, -0.25) is 0 Å². The van der Waals surface area contributed by atoms with Crippen molar-refractivity contribution in [2.24, 2.45) is 0 Å². The fraction of sp³-hybridized carbons (Fsp3) is 0.915. The van der Waals surface area contributed by atoms with Crippen LogP contribution in [0.3, 0.4) is 0 Å². The minimum absolute atomic E-state index is 0.198. The molecule has 0 aliphatic rings. The molecule has 306 valence electrons. The minimum Gasteiger partial charge on any atom is -0.385 e. The Morgan fingerprint density at radius 3 is 1.10 bits per heavy atom. The third-order valence-corrected chi connectivity index (χ3v) is 9.59. The molecule has 0 saturated heterocycles. The van der Waals surface area contributed by atoms with Crippen molar-refractivity contribution in [3.63, 3.8) is 0 Å². The number of unbranched alkanes of at least 4 members (excludes halogenated alkanes) is 26. The lowest BCUT2D eigenvalue weighted by Crippen LogP contribution is -2.32. The van der Waals surface area contributed by atoms with Crippen molar-refractivity contribution in [3.8, 4) is 0 Å². The van der Waals surface area contributed by atoms with Gasteiger partial charge >= 0.3 is 0 Å². The molecule has 0 heterocycles. The van der Waals surface area contributed by atoms with Gasteiger partial charge in [0.2, 0.25) is 0 Å². The van der Waals surface area contributed by atoms with Crippen LogP contribution in [0.2, 0.25) is 0 Å². The highest BCUT2D eigenvalue weighted by atomic mass is 16.5. The van der Waals surface area contributed by atoms with Crippen LogP contribution in [0.5, 0.6) is 0 Å². The lowest BCUT2D eigenvalue weighted by molar-refractivity contribution is -0.0287. The first kappa shape index (κ1) is 52.4. The van der Waals surface area contributed by atoms with Gasteiger partial charge in [-0.1, -0.05) is 173 Å². The number of rotatable bonds is 41. The van der Waals surface area contributed by atoms with Crippen LogP contribution in [-0.2, 0) is 14.2 Å². The molecule has 4 nitrogen and oxygen atoms in total. The number of nitrogens with zero attached hydrogens (tertiary/aromatic N) is 1. The second-order valence-corrected chi connectivity index (χ2v) is 15.4. The second-order valence-electron chi connectivity index (χ2n) is 15.4. The first-order chi connectivity index (χ1) is 25.1. The highest BCUT2D eigenvalue weighted by molar-refractivity contribution is 4.82. The van der Waals surface area contributed by atoms with Gasteiger partial charge in [-0.15, -0.1) is 0 Å². The molecule has 0 saturated carbocycles. The number of hydrogen-bond donors (Lipinski definition) is 0. The largest absolute Gasteiger partial charge is 0.385 e. The lowest BCUT2D eigenvalue weighted by Gasteiger charge is -2.21. The van der Waals surface area contributed by atoms with E-state index >= 15 is 0 Å². The Labute approximate surface area is 322 Å². The molecule has 0 spiro atoms. The lowest BCUT2D eigenvalue weighted by atomic mass is 10.1. The molecule has 0 rings (SSSR count). The molecule has 0 aromatic carbocycles. The van der Waals surface area contributed by atoms with Gasteiger partial charge in [-0.2, -0.15) is 0 Å². The fourth-order valence-electron chi connectivity index (χ4n) is 6.38. The van der Waals surface area contributed by atoms with Crippen LogP contribution in [0.4, 0.5) is 0 Å². The Bertz CT molecular complexity index is 647. The van der Waals surface area contributed by atoms with Crippen molar-refractivity contribution in [2.45, 2.75) is 226 Å². The molecule has 1 unspecified atom stereocenters. The summed E-state index contributed by atoms with van der Waals surface area (Å²) in [5.41, 5.74) is 0. The first-order valence-electron chi connectivity index (χ1n) is 22.7. The van der Waals surface area contributed by atoms with Crippen LogP contribution in [0.25, 0.3) is 0 Å². The van der Waals surface area contributed by atoms with E-state index in [1.165, 1.54) is 193 Å². The van der Waals surface area contributed by atoms with E-state index in [2.05, 4.69) is 64.1 Å². The van der Waals surface area contributed by atoms with Crippen LogP contribution >= 0.6 is 0 Å². The molecule has 1 atom stereocenters. The number of ether oxygens (including phenoxy) is 3. The summed E-state index contributed by atoms with van der Waals surface area (Å²) in [4.78, 5) is 2.23. The molecule has 0 radical (unpaired) electrons. The summed E-state index contributed by atoms with van der Waals surface area (Å²) in [7, 11) is 5.98. The van der Waals surface area contributed by atoms with Crippen LogP contribution in [-0.4, -0.2) is 65.2 Å². The number of methoxy groups -OCH3 is 1. The quantitative estimate of drug-likeness (QED) is 0.0464. The zero-order chi connectivity index (χ0) is 37.6. The van der Waals surface area contributed by atoms with Gasteiger partial charge in [0.05, 0.1) is 12.7 Å². The summed E-state index contributed by atoms with van der Waals surface area (Å²) in [6, 6.07) is 0. The van der Waals surface area contributed by atoms with Crippen molar-refractivity contribution in [3.05, 3.63) is 24.3 Å². The Kier molecular flexibility index (Phi) is 50.7. The maximum atomic E-state index is 6.24. The molecule has 4 heteroatoms. The predicted molar refractivity (Wildman–Crippen MR) is 229 cm³/mol. The molecule has 51 heavy (non-hydrogen) atoms. The minimum atomic E-state index is 0.198. The van der Waals surface area contributed by atoms with Gasteiger partial charge in [0, 0.05) is 33.5 Å². The number of likely N-dealkylation sites (N-methyl/N-ethyl adjacent to an activating group) is 1. The van der Waals surface area contributed by atoms with Gasteiger partial charge < -0.3 is 19.1 Å². The SMILES string of the molecule is CCCCCCCC/C=C\CCCCCCCCCOCC(CN(C)C)OCCCCCCCCC/C=C\CCCCCCCC.CCCOC. The number of allylic oxidation sites excluding steroid dienone is 4. The summed E-state index contributed by atoms with van der Waals surface area (Å²) < 4.78 is 17.0. The highest BCUT2D eigenvalue weighted by Crippen LogP contribution is 2.13. The Morgan fingerprint density at radius 1 is 0.412 bits per heavy atom. The van der Waals surface area contributed by atoms with Gasteiger partial charge in [-0.05, 0) is 84.7 Å². The van der Waals surface area contributed by atoms with E-state index < -0.39 is 0 Å². The van der Waals surface area contributed by atoms with E-state index in [-0.39, 0.29) is 6.10 Å². The maximum Gasteiger partial charge on any atom is 0.0934 e. The molecule has 0 aliphatic heterocycles. The van der Waals surface area contributed by atoms with Crippen molar-refractivity contribution < 1.29 is 14.2 Å². The maximum absolute atomic E-state index is 6.24. The number of hydrogen-bond acceptors (Lipinski definition) is 4. The first-order valence-corrected chi connectivity index (χ1v) is 22.7. The van der Waals surface area contributed by atoms with Gasteiger partial charge in [-0.25, -0.2) is 0 Å². The van der Waals surface area contributed by atoms with Crippen molar-refractivity contribution in [1.82, 2.24) is 4.90 Å². The van der Waals surface area contributed by atoms with E-state index in [0.29, 0.717) is 0 Å². The zero-order valence-electron chi connectivity index (χ0n) is 36.0. The average Bonchev–Trinajstić information content (AvgIpc) is 3.12. The van der Waals surface area contributed by atoms with Crippen molar-refractivity contribution in [2.75, 3.05) is 54.2 Å². The van der Waals surface area contributed by atoms with Gasteiger partial charge in [0.25, 0.3) is 0 Å². The predicted octanol–water partition coefficient (Wildman–Crippen LogP) is 14.8. The molecule has 0 aromatic heterocycles. The van der Waals surface area contributed by atoms with Crippen LogP contribution in [0.15, 0.2) is 24.3 Å². The molecular formula is C47H95NO3. The smallest absolute Gasteiger partial charge is 0.0934 e. The van der Waals surface area contributed by atoms with Crippen LogP contribution in [0, 0.1) is 0 Å². The van der Waals surface area contributed by atoms with E-state index in [9.17, 15) is 0 Å². The average molecular weight is 722 g/mol. The summed E-state index contributed by atoms with van der Waals surface area (Å²) in [5, 5.41) is 0. The summed E-state index contributed by atoms with van der Waals surface area (Å²) in [6.07, 6.45) is 51.7. The molecule has 0 fully saturated rings. The molecular weight excluding hydrogens is 627 g/mol. The van der Waals surface area contributed by atoms with E-state index in [1.807, 2.05) is 0 Å². The monoisotopic (exact) mass is 722 g/mol. The summed E-state index contributed by atoms with van der Waals surface area (Å²) in [5.74, 6) is 0. The Morgan fingerprint density at radius 2 is 0.765 bits per heavy atom. The van der Waals surface area contributed by atoms with E-state index in [0.717, 1.165) is 39.4 Å². The molecule has 0 bridgehead atoms.